The molecule has 28 heavy (non-hydrogen) atoms. The third-order valence-electron chi connectivity index (χ3n) is 6.12. The molecule has 0 aromatic heterocycles. The summed E-state index contributed by atoms with van der Waals surface area (Å²) in [5.74, 6) is 0. The fourth-order valence-electron chi connectivity index (χ4n) is 4.60. The van der Waals surface area contributed by atoms with Gasteiger partial charge in [0.25, 0.3) is 0 Å². The van der Waals surface area contributed by atoms with E-state index in [0.29, 0.717) is 0 Å². The molecule has 0 saturated heterocycles. The molecular formula is C27H48N+. The summed E-state index contributed by atoms with van der Waals surface area (Å²) < 4.78 is 1.28. The van der Waals surface area contributed by atoms with Gasteiger partial charge in [0, 0.05) is 5.56 Å². The van der Waals surface area contributed by atoms with Crippen molar-refractivity contribution in [3.05, 3.63) is 42.0 Å². The van der Waals surface area contributed by atoms with Gasteiger partial charge in [0.1, 0.15) is 6.54 Å². The number of rotatable bonds is 18. The number of hydrogen-bond acceptors (Lipinski definition) is 0. The molecule has 1 nitrogen and oxygen atoms in total. The van der Waals surface area contributed by atoms with Gasteiger partial charge in [-0.2, -0.15) is 0 Å². The zero-order chi connectivity index (χ0) is 20.5. The van der Waals surface area contributed by atoms with Crippen LogP contribution in [0.3, 0.4) is 0 Å². The molecule has 1 heteroatoms. The van der Waals surface area contributed by atoms with E-state index in [1.165, 1.54) is 119 Å². The van der Waals surface area contributed by atoms with Crippen LogP contribution >= 0.6 is 0 Å². The quantitative estimate of drug-likeness (QED) is 0.175. The highest BCUT2D eigenvalue weighted by atomic mass is 15.3. The fourth-order valence-corrected chi connectivity index (χ4v) is 4.60. The molecule has 0 amide bonds. The van der Waals surface area contributed by atoms with E-state index in [0.717, 1.165) is 0 Å². The summed E-state index contributed by atoms with van der Waals surface area (Å²) in [7, 11) is 0. The minimum atomic E-state index is 1.19. The van der Waals surface area contributed by atoms with Gasteiger partial charge in [-0.15, -0.1) is 0 Å². The first-order valence-corrected chi connectivity index (χ1v) is 12.3. The molecule has 0 aliphatic rings. The Bertz CT molecular complexity index is 481. The molecule has 0 radical (unpaired) electrons. The molecular weight excluding hydrogens is 338 g/mol. The van der Waals surface area contributed by atoms with E-state index in [-0.39, 0.29) is 0 Å². The first-order chi connectivity index (χ1) is 13.7. The monoisotopic (exact) mass is 386 g/mol. The molecule has 160 valence electrons. The van der Waals surface area contributed by atoms with Crippen LogP contribution < -0.4 is 0 Å². The highest BCUT2D eigenvalue weighted by molar-refractivity contribution is 5.47. The lowest BCUT2D eigenvalue weighted by atomic mass is 10.0. The van der Waals surface area contributed by atoms with Crippen LogP contribution in [-0.4, -0.2) is 24.1 Å². The minimum Gasteiger partial charge on any atom is -0.320 e. The Morgan fingerprint density at radius 3 is 1.61 bits per heavy atom. The normalized spacial score (nSPS) is 11.7. The Morgan fingerprint density at radius 2 is 1.14 bits per heavy atom. The van der Waals surface area contributed by atoms with E-state index in [1.54, 1.807) is 0 Å². The predicted octanol–water partition coefficient (Wildman–Crippen LogP) is 8.39. The predicted molar refractivity (Wildman–Crippen MR) is 128 cm³/mol. The largest absolute Gasteiger partial charge is 0.320 e. The lowest BCUT2D eigenvalue weighted by molar-refractivity contribution is -0.941. The van der Waals surface area contributed by atoms with Crippen LogP contribution in [0.2, 0.25) is 0 Å². The molecule has 0 bridgehead atoms. The van der Waals surface area contributed by atoms with E-state index in [4.69, 9.17) is 0 Å². The molecule has 0 fully saturated rings. The SMILES string of the molecule is C=Cc1ccc(C[N+](CCC)(CCC)CCCCCCCCCCCC)cc1. The van der Waals surface area contributed by atoms with Crippen molar-refractivity contribution >= 4 is 6.08 Å². The van der Waals surface area contributed by atoms with Gasteiger partial charge in [0.15, 0.2) is 0 Å². The van der Waals surface area contributed by atoms with E-state index in [1.807, 2.05) is 6.08 Å². The van der Waals surface area contributed by atoms with Gasteiger partial charge in [0.05, 0.1) is 19.6 Å². The van der Waals surface area contributed by atoms with Gasteiger partial charge in [-0.3, -0.25) is 0 Å². The third-order valence-corrected chi connectivity index (χ3v) is 6.12. The Kier molecular flexibility index (Phi) is 14.1. The lowest BCUT2D eigenvalue weighted by Crippen LogP contribution is -2.49. The second kappa shape index (κ2) is 15.8. The zero-order valence-electron chi connectivity index (χ0n) is 19.4. The van der Waals surface area contributed by atoms with Crippen LogP contribution in [0.4, 0.5) is 0 Å². The smallest absolute Gasteiger partial charge is 0.104 e. The standard InChI is InChI=1S/C27H48N/c1-5-9-10-11-12-13-14-15-16-17-24-28(22-6-2,23-7-3)25-27-20-18-26(8-4)19-21-27/h8,18-21H,4-7,9-17,22-25H2,1-3H3/q+1. The van der Waals surface area contributed by atoms with Crippen LogP contribution in [0, 0.1) is 0 Å². The molecule has 0 spiro atoms. The van der Waals surface area contributed by atoms with E-state index < -0.39 is 0 Å². The lowest BCUT2D eigenvalue weighted by Gasteiger charge is -2.39. The second-order valence-corrected chi connectivity index (χ2v) is 8.80. The van der Waals surface area contributed by atoms with Gasteiger partial charge >= 0.3 is 0 Å². The summed E-state index contributed by atoms with van der Waals surface area (Å²) in [5.41, 5.74) is 2.71. The minimum absolute atomic E-state index is 1.19. The van der Waals surface area contributed by atoms with Gasteiger partial charge in [-0.1, -0.05) is 109 Å². The highest BCUT2D eigenvalue weighted by Crippen LogP contribution is 2.20. The summed E-state index contributed by atoms with van der Waals surface area (Å²) in [6.45, 7) is 16.0. The topological polar surface area (TPSA) is 0 Å². The zero-order valence-corrected chi connectivity index (χ0v) is 19.4. The maximum atomic E-state index is 3.88. The highest BCUT2D eigenvalue weighted by Gasteiger charge is 2.25. The van der Waals surface area contributed by atoms with Crippen molar-refractivity contribution in [3.63, 3.8) is 0 Å². The van der Waals surface area contributed by atoms with Gasteiger partial charge < -0.3 is 4.48 Å². The van der Waals surface area contributed by atoms with Crippen molar-refractivity contribution in [2.45, 2.75) is 104 Å². The van der Waals surface area contributed by atoms with Crippen molar-refractivity contribution in [2.75, 3.05) is 19.6 Å². The van der Waals surface area contributed by atoms with Crippen LogP contribution in [-0.2, 0) is 6.54 Å². The van der Waals surface area contributed by atoms with Gasteiger partial charge in [-0.25, -0.2) is 0 Å². The van der Waals surface area contributed by atoms with Crippen molar-refractivity contribution in [2.24, 2.45) is 0 Å². The Morgan fingerprint density at radius 1 is 0.643 bits per heavy atom. The average Bonchev–Trinajstić information content (AvgIpc) is 2.70. The molecule has 0 atom stereocenters. The molecule has 0 unspecified atom stereocenters. The van der Waals surface area contributed by atoms with Crippen LogP contribution in [0.5, 0.6) is 0 Å². The molecule has 0 aliphatic carbocycles. The summed E-state index contributed by atoms with van der Waals surface area (Å²) in [6, 6.07) is 9.06. The summed E-state index contributed by atoms with van der Waals surface area (Å²) in [6.07, 6.45) is 18.7. The van der Waals surface area contributed by atoms with Crippen LogP contribution in [0.1, 0.15) is 109 Å². The number of benzene rings is 1. The maximum Gasteiger partial charge on any atom is 0.104 e. The van der Waals surface area contributed by atoms with Crippen LogP contribution in [0.25, 0.3) is 6.08 Å². The Labute approximate surface area is 176 Å². The Balaban J connectivity index is 2.42. The van der Waals surface area contributed by atoms with Crippen molar-refractivity contribution in [3.8, 4) is 0 Å². The summed E-state index contributed by atoms with van der Waals surface area (Å²) in [4.78, 5) is 0. The van der Waals surface area contributed by atoms with E-state index in [9.17, 15) is 0 Å². The molecule has 0 heterocycles. The number of quaternary nitrogens is 1. The van der Waals surface area contributed by atoms with Crippen LogP contribution in [0.15, 0.2) is 30.8 Å². The molecule has 0 saturated carbocycles. The van der Waals surface area contributed by atoms with Gasteiger partial charge in [-0.05, 0) is 31.2 Å². The molecule has 0 aliphatic heterocycles. The summed E-state index contributed by atoms with van der Waals surface area (Å²) >= 11 is 0. The van der Waals surface area contributed by atoms with Gasteiger partial charge in [0.2, 0.25) is 0 Å². The molecule has 1 aromatic carbocycles. The average molecular weight is 387 g/mol. The fraction of sp³-hybridized carbons (Fsp3) is 0.704. The number of hydrogen-bond donors (Lipinski definition) is 0. The second-order valence-electron chi connectivity index (χ2n) is 8.80. The van der Waals surface area contributed by atoms with E-state index in [2.05, 4.69) is 51.6 Å². The van der Waals surface area contributed by atoms with Crippen molar-refractivity contribution < 1.29 is 4.48 Å². The third kappa shape index (κ3) is 10.5. The molecule has 0 N–H and O–H groups in total. The van der Waals surface area contributed by atoms with E-state index >= 15 is 0 Å². The number of unbranched alkanes of at least 4 members (excludes halogenated alkanes) is 9. The van der Waals surface area contributed by atoms with Crippen molar-refractivity contribution in [1.82, 2.24) is 0 Å². The first-order valence-electron chi connectivity index (χ1n) is 12.3. The molecule has 1 rings (SSSR count). The maximum absolute atomic E-state index is 3.88. The van der Waals surface area contributed by atoms with Crippen molar-refractivity contribution in [1.29, 1.82) is 0 Å². The Hall–Kier alpha value is -1.08. The first kappa shape index (κ1) is 25.0. The molecule has 1 aromatic rings. The summed E-state index contributed by atoms with van der Waals surface area (Å²) in [5, 5.41) is 0. The number of nitrogens with zero attached hydrogens (tertiary/aromatic N) is 1.